The maximum absolute atomic E-state index is 14.3. The molecule has 0 saturated carbocycles. The number of thioether (sulfide) groups is 1. The van der Waals surface area contributed by atoms with E-state index in [4.69, 9.17) is 0 Å². The number of carboxylic acids is 1. The van der Waals surface area contributed by atoms with Crippen LogP contribution in [0.25, 0.3) is 10.1 Å². The van der Waals surface area contributed by atoms with Gasteiger partial charge in [0, 0.05) is 22.4 Å². The van der Waals surface area contributed by atoms with Crippen molar-refractivity contribution in [3.05, 3.63) is 70.1 Å². The first-order chi connectivity index (χ1) is 14.0. The van der Waals surface area contributed by atoms with Gasteiger partial charge in [-0.15, -0.1) is 21.5 Å². The van der Waals surface area contributed by atoms with Crippen LogP contribution in [0.4, 0.5) is 13.9 Å². The Bertz CT molecular complexity index is 1180. The monoisotopic (exact) mass is 449 g/mol. The highest BCUT2D eigenvalue weighted by atomic mass is 32.2. The summed E-state index contributed by atoms with van der Waals surface area (Å²) in [4.78, 5) is 11.7. The maximum atomic E-state index is 14.3. The van der Waals surface area contributed by atoms with E-state index < -0.39 is 11.8 Å². The molecule has 0 aliphatic heterocycles. The number of fused-ring (bicyclic) bond motifs is 1. The number of carbonyl (C=O) groups is 1. The highest BCUT2D eigenvalue weighted by Gasteiger charge is 2.21. The number of hydrogen-bond donors (Lipinski definition) is 2. The molecule has 4 aromatic rings. The number of thiophene rings is 1. The molecule has 0 aliphatic rings. The number of nitrogens with zero attached hydrogens (tertiary/aromatic N) is 2. The van der Waals surface area contributed by atoms with Crippen molar-refractivity contribution in [3.63, 3.8) is 0 Å². The number of aromatic nitrogens is 2. The van der Waals surface area contributed by atoms with Gasteiger partial charge in [-0.2, -0.15) is 0 Å². The minimum atomic E-state index is -1.07. The fraction of sp³-hybridized carbons (Fsp3) is 0.105. The summed E-state index contributed by atoms with van der Waals surface area (Å²) in [5.41, 5.74) is 1.36. The summed E-state index contributed by atoms with van der Waals surface area (Å²) in [6.07, 6.45) is 0. The Hall–Kier alpha value is -2.56. The van der Waals surface area contributed by atoms with Gasteiger partial charge in [-0.1, -0.05) is 41.3 Å². The molecule has 2 N–H and O–H groups in total. The molecule has 0 radical (unpaired) electrons. The molecule has 2 aromatic carbocycles. The fourth-order valence-electron chi connectivity index (χ4n) is 2.73. The van der Waals surface area contributed by atoms with Crippen LogP contribution >= 0.6 is 34.4 Å². The quantitative estimate of drug-likeness (QED) is 0.356. The first-order valence-corrected chi connectivity index (χ1v) is 11.0. The van der Waals surface area contributed by atoms with E-state index in [0.717, 1.165) is 16.9 Å². The van der Waals surface area contributed by atoms with E-state index in [1.165, 1.54) is 41.3 Å². The van der Waals surface area contributed by atoms with Gasteiger partial charge in [-0.25, -0.2) is 13.6 Å². The van der Waals surface area contributed by atoms with E-state index in [1.54, 1.807) is 24.3 Å². The van der Waals surface area contributed by atoms with Gasteiger partial charge in [0.05, 0.1) is 0 Å². The predicted octanol–water partition coefficient (Wildman–Crippen LogP) is 5.63. The highest BCUT2D eigenvalue weighted by molar-refractivity contribution is 8.00. The van der Waals surface area contributed by atoms with Crippen LogP contribution in [0.3, 0.4) is 0 Å². The molecule has 10 heteroatoms. The number of anilines is 1. The first kappa shape index (κ1) is 19.7. The number of benzene rings is 2. The Morgan fingerprint density at radius 1 is 1.10 bits per heavy atom. The van der Waals surface area contributed by atoms with Gasteiger partial charge < -0.3 is 10.4 Å². The summed E-state index contributed by atoms with van der Waals surface area (Å²) < 4.78 is 28.5. The Morgan fingerprint density at radius 3 is 2.66 bits per heavy atom. The molecule has 0 bridgehead atoms. The highest BCUT2D eigenvalue weighted by Crippen LogP contribution is 2.38. The molecule has 0 unspecified atom stereocenters. The molecule has 2 heterocycles. The van der Waals surface area contributed by atoms with Crippen LogP contribution in [0.1, 0.15) is 20.8 Å². The van der Waals surface area contributed by atoms with E-state index in [0.29, 0.717) is 31.7 Å². The number of halogens is 2. The molecule has 29 heavy (non-hydrogen) atoms. The molecule has 148 valence electrons. The number of aromatic carboxylic acids is 1. The lowest BCUT2D eigenvalue weighted by molar-refractivity contribution is 0.0701. The Balaban J connectivity index is 1.47. The van der Waals surface area contributed by atoms with Gasteiger partial charge in [0.15, 0.2) is 4.34 Å². The second-order valence-corrected chi connectivity index (χ2v) is 9.22. The van der Waals surface area contributed by atoms with Crippen LogP contribution < -0.4 is 5.32 Å². The topological polar surface area (TPSA) is 75.1 Å². The molecular formula is C19H13F2N3O2S3. The standard InChI is InChI=1S/C19H13F2N3O2S3/c20-11-6-4-10(5-7-11)8-22-18-23-24-19(29-18)27-9-12-15-13(21)2-1-3-14(15)28-16(12)17(25)26/h1-7H,8-9H2,(H,22,23)(H,25,26). The molecular weight excluding hydrogens is 436 g/mol. The lowest BCUT2D eigenvalue weighted by Gasteiger charge is -2.02. The van der Waals surface area contributed by atoms with E-state index in [-0.39, 0.29) is 16.4 Å². The van der Waals surface area contributed by atoms with Gasteiger partial charge in [0.1, 0.15) is 16.5 Å². The molecule has 0 saturated heterocycles. The third-order valence-electron chi connectivity index (χ3n) is 4.06. The molecule has 5 nitrogen and oxygen atoms in total. The largest absolute Gasteiger partial charge is 0.477 e. The van der Waals surface area contributed by atoms with Gasteiger partial charge in [-0.05, 0) is 35.4 Å². The maximum Gasteiger partial charge on any atom is 0.346 e. The van der Waals surface area contributed by atoms with Crippen molar-refractivity contribution < 1.29 is 18.7 Å². The van der Waals surface area contributed by atoms with Gasteiger partial charge >= 0.3 is 5.97 Å². The molecule has 0 fully saturated rings. The Morgan fingerprint density at radius 2 is 1.90 bits per heavy atom. The van der Waals surface area contributed by atoms with Crippen LogP contribution in [0.15, 0.2) is 46.8 Å². The van der Waals surface area contributed by atoms with Crippen molar-refractivity contribution in [2.75, 3.05) is 5.32 Å². The Kier molecular flexibility index (Phi) is 5.74. The minimum absolute atomic E-state index is 0.136. The van der Waals surface area contributed by atoms with Crippen LogP contribution in [0, 0.1) is 11.6 Å². The van der Waals surface area contributed by atoms with Crippen molar-refractivity contribution in [1.29, 1.82) is 0 Å². The summed E-state index contributed by atoms with van der Waals surface area (Å²) in [7, 11) is 0. The second-order valence-electron chi connectivity index (χ2n) is 5.97. The summed E-state index contributed by atoms with van der Waals surface area (Å²) >= 11 is 3.70. The number of nitrogens with one attached hydrogen (secondary N) is 1. The van der Waals surface area contributed by atoms with Crippen LogP contribution in [0.5, 0.6) is 0 Å². The average molecular weight is 450 g/mol. The van der Waals surface area contributed by atoms with Crippen LogP contribution in [0.2, 0.25) is 0 Å². The van der Waals surface area contributed by atoms with E-state index in [1.807, 2.05) is 0 Å². The number of hydrogen-bond acceptors (Lipinski definition) is 7. The van der Waals surface area contributed by atoms with Crippen molar-refractivity contribution in [2.45, 2.75) is 16.6 Å². The number of carboxylic acid groups (broad SMARTS) is 1. The molecule has 0 atom stereocenters. The Labute approximate surface area is 176 Å². The zero-order valence-corrected chi connectivity index (χ0v) is 17.1. The number of rotatable bonds is 7. The molecule has 4 rings (SSSR count). The second kappa shape index (κ2) is 8.44. The van der Waals surface area contributed by atoms with Gasteiger partial charge in [-0.3, -0.25) is 0 Å². The summed E-state index contributed by atoms with van der Waals surface area (Å²) in [6, 6.07) is 10.8. The van der Waals surface area contributed by atoms with Crippen molar-refractivity contribution >= 4 is 55.6 Å². The van der Waals surface area contributed by atoms with Crippen molar-refractivity contribution in [1.82, 2.24) is 10.2 Å². The predicted molar refractivity (Wildman–Crippen MR) is 112 cm³/mol. The van der Waals surface area contributed by atoms with Crippen molar-refractivity contribution in [3.8, 4) is 0 Å². The van der Waals surface area contributed by atoms with Gasteiger partial charge in [0.2, 0.25) is 5.13 Å². The SMILES string of the molecule is O=C(O)c1sc2cccc(F)c2c1CSc1nnc(NCc2ccc(F)cc2)s1. The lowest BCUT2D eigenvalue weighted by atomic mass is 10.1. The normalized spacial score (nSPS) is 11.1. The van der Waals surface area contributed by atoms with E-state index in [2.05, 4.69) is 15.5 Å². The van der Waals surface area contributed by atoms with Crippen LogP contribution in [-0.2, 0) is 12.3 Å². The smallest absolute Gasteiger partial charge is 0.346 e. The molecule has 0 amide bonds. The zero-order chi connectivity index (χ0) is 20.4. The third-order valence-corrected chi connectivity index (χ3v) is 7.29. The summed E-state index contributed by atoms with van der Waals surface area (Å²) in [5.74, 6) is -1.52. The van der Waals surface area contributed by atoms with E-state index >= 15 is 0 Å². The lowest BCUT2D eigenvalue weighted by Crippen LogP contribution is -1.98. The molecule has 0 spiro atoms. The average Bonchev–Trinajstić information content (AvgIpc) is 3.31. The molecule has 2 aromatic heterocycles. The van der Waals surface area contributed by atoms with Crippen LogP contribution in [-0.4, -0.2) is 21.3 Å². The van der Waals surface area contributed by atoms with Crippen molar-refractivity contribution in [2.24, 2.45) is 0 Å². The first-order valence-electron chi connectivity index (χ1n) is 8.39. The zero-order valence-electron chi connectivity index (χ0n) is 14.7. The fourth-order valence-corrected chi connectivity index (χ4v) is 5.67. The van der Waals surface area contributed by atoms with E-state index in [9.17, 15) is 18.7 Å². The summed E-state index contributed by atoms with van der Waals surface area (Å²) in [5, 5.41) is 21.7. The molecule has 0 aliphatic carbocycles. The van der Waals surface area contributed by atoms with Gasteiger partial charge in [0.25, 0.3) is 0 Å². The minimum Gasteiger partial charge on any atom is -0.477 e. The third kappa shape index (κ3) is 4.39. The summed E-state index contributed by atoms with van der Waals surface area (Å²) in [6.45, 7) is 0.475.